The fraction of sp³-hybridized carbons (Fsp3) is 0.381. The number of rotatable bonds is 3. The van der Waals surface area contributed by atoms with Gasteiger partial charge in [-0.05, 0) is 91.6 Å². The largest absolute Gasteiger partial charge is 0.366 e. The maximum absolute atomic E-state index is 14.7. The SMILES string of the molecule is CCN1c2cc(F)c(C=Nc3cccc(I)c3)cc2C(C)CC1(C)C. The van der Waals surface area contributed by atoms with Crippen molar-refractivity contribution < 1.29 is 4.39 Å². The van der Waals surface area contributed by atoms with Crippen molar-refractivity contribution in [1.29, 1.82) is 0 Å². The molecule has 0 N–H and O–H groups in total. The van der Waals surface area contributed by atoms with E-state index in [0.29, 0.717) is 11.5 Å². The smallest absolute Gasteiger partial charge is 0.134 e. The highest BCUT2D eigenvalue weighted by Gasteiger charge is 2.36. The molecule has 1 heterocycles. The summed E-state index contributed by atoms with van der Waals surface area (Å²) in [5.74, 6) is 0.190. The van der Waals surface area contributed by atoms with E-state index in [1.54, 1.807) is 12.3 Å². The van der Waals surface area contributed by atoms with E-state index in [0.717, 1.165) is 27.9 Å². The molecule has 0 radical (unpaired) electrons. The summed E-state index contributed by atoms with van der Waals surface area (Å²) >= 11 is 2.25. The third kappa shape index (κ3) is 3.73. The van der Waals surface area contributed by atoms with Crippen molar-refractivity contribution in [2.45, 2.75) is 45.6 Å². The molecule has 132 valence electrons. The Bertz CT molecular complexity index is 814. The highest BCUT2D eigenvalue weighted by Crippen LogP contribution is 2.43. The number of benzene rings is 2. The third-order valence-corrected chi connectivity index (χ3v) is 5.65. The van der Waals surface area contributed by atoms with Crippen molar-refractivity contribution in [3.8, 4) is 0 Å². The van der Waals surface area contributed by atoms with Crippen molar-refractivity contribution in [2.75, 3.05) is 11.4 Å². The lowest BCUT2D eigenvalue weighted by Gasteiger charge is -2.47. The maximum atomic E-state index is 14.7. The summed E-state index contributed by atoms with van der Waals surface area (Å²) in [4.78, 5) is 6.77. The number of fused-ring (bicyclic) bond motifs is 1. The molecule has 2 nitrogen and oxygen atoms in total. The van der Waals surface area contributed by atoms with Crippen LogP contribution in [0.2, 0.25) is 0 Å². The van der Waals surface area contributed by atoms with Crippen LogP contribution in [0.15, 0.2) is 41.4 Å². The van der Waals surface area contributed by atoms with Gasteiger partial charge in [0.1, 0.15) is 5.82 Å². The van der Waals surface area contributed by atoms with Gasteiger partial charge in [-0.25, -0.2) is 4.39 Å². The van der Waals surface area contributed by atoms with Gasteiger partial charge >= 0.3 is 0 Å². The second-order valence-electron chi connectivity index (χ2n) is 7.33. The molecule has 0 amide bonds. The predicted octanol–water partition coefficient (Wildman–Crippen LogP) is 6.29. The van der Waals surface area contributed by atoms with Gasteiger partial charge in [0.25, 0.3) is 0 Å². The maximum Gasteiger partial charge on any atom is 0.134 e. The van der Waals surface area contributed by atoms with Crippen LogP contribution in [0.4, 0.5) is 15.8 Å². The van der Waals surface area contributed by atoms with E-state index in [9.17, 15) is 4.39 Å². The molecule has 0 saturated heterocycles. The second-order valence-corrected chi connectivity index (χ2v) is 8.58. The number of aliphatic imine (C=N–C) groups is 1. The molecule has 1 aliphatic heterocycles. The average molecular weight is 450 g/mol. The summed E-state index contributed by atoms with van der Waals surface area (Å²) in [7, 11) is 0. The van der Waals surface area contributed by atoms with Crippen LogP contribution in [0.1, 0.15) is 51.2 Å². The highest BCUT2D eigenvalue weighted by atomic mass is 127. The predicted molar refractivity (Wildman–Crippen MR) is 113 cm³/mol. The molecule has 0 saturated carbocycles. The summed E-state index contributed by atoms with van der Waals surface area (Å²) in [6, 6.07) is 11.6. The van der Waals surface area contributed by atoms with Gasteiger partial charge < -0.3 is 4.90 Å². The third-order valence-electron chi connectivity index (χ3n) is 4.98. The summed E-state index contributed by atoms with van der Waals surface area (Å²) in [5, 5.41) is 0. The van der Waals surface area contributed by atoms with E-state index in [1.165, 1.54) is 5.56 Å². The zero-order valence-corrected chi connectivity index (χ0v) is 17.3. The topological polar surface area (TPSA) is 15.6 Å². The summed E-state index contributed by atoms with van der Waals surface area (Å²) in [6.45, 7) is 9.71. The lowest BCUT2D eigenvalue weighted by Crippen LogP contribution is -2.48. The summed E-state index contributed by atoms with van der Waals surface area (Å²) < 4.78 is 15.8. The molecule has 0 aliphatic carbocycles. The van der Waals surface area contributed by atoms with Gasteiger partial charge in [-0.3, -0.25) is 4.99 Å². The van der Waals surface area contributed by atoms with Gasteiger partial charge in [-0.1, -0.05) is 13.0 Å². The molecule has 0 fully saturated rings. The fourth-order valence-electron chi connectivity index (χ4n) is 3.92. The minimum atomic E-state index is -0.212. The van der Waals surface area contributed by atoms with Crippen LogP contribution in [0.25, 0.3) is 0 Å². The first-order valence-electron chi connectivity index (χ1n) is 8.72. The number of anilines is 1. The van der Waals surface area contributed by atoms with Crippen molar-refractivity contribution in [1.82, 2.24) is 0 Å². The first kappa shape index (κ1) is 18.4. The molecule has 1 aliphatic rings. The highest BCUT2D eigenvalue weighted by molar-refractivity contribution is 14.1. The van der Waals surface area contributed by atoms with Gasteiger partial charge in [0, 0.05) is 33.1 Å². The first-order chi connectivity index (χ1) is 11.8. The Hall–Kier alpha value is -1.43. The van der Waals surface area contributed by atoms with E-state index in [1.807, 2.05) is 30.3 Å². The molecular weight excluding hydrogens is 426 g/mol. The van der Waals surface area contributed by atoms with E-state index in [-0.39, 0.29) is 11.4 Å². The molecular formula is C21H24FIN2. The molecule has 4 heteroatoms. The Morgan fingerprint density at radius 1 is 1.32 bits per heavy atom. The Balaban J connectivity index is 2.00. The monoisotopic (exact) mass is 450 g/mol. The van der Waals surface area contributed by atoms with Crippen LogP contribution < -0.4 is 4.90 Å². The molecule has 0 aromatic heterocycles. The molecule has 2 aromatic carbocycles. The molecule has 3 rings (SSSR count). The quantitative estimate of drug-likeness (QED) is 0.396. The number of halogens is 2. The van der Waals surface area contributed by atoms with Crippen molar-refractivity contribution >= 4 is 40.2 Å². The van der Waals surface area contributed by atoms with Crippen molar-refractivity contribution in [3.63, 3.8) is 0 Å². The van der Waals surface area contributed by atoms with Crippen LogP contribution >= 0.6 is 22.6 Å². The first-order valence-corrected chi connectivity index (χ1v) is 9.80. The minimum Gasteiger partial charge on any atom is -0.366 e. The molecule has 2 aromatic rings. The zero-order chi connectivity index (χ0) is 18.2. The Labute approximate surface area is 163 Å². The van der Waals surface area contributed by atoms with Gasteiger partial charge in [0.15, 0.2) is 0 Å². The lowest BCUT2D eigenvalue weighted by molar-refractivity contribution is 0.380. The standard InChI is InChI=1S/C21H24FIN2/c1-5-25-20-11-19(22)15(9-18(20)14(2)12-21(25,3)4)13-24-17-8-6-7-16(23)10-17/h6-11,13-14H,5,12H2,1-4H3. The number of hydrogen-bond donors (Lipinski definition) is 0. The van der Waals surface area contributed by atoms with Gasteiger partial charge in [-0.15, -0.1) is 0 Å². The Kier molecular flexibility index (Phi) is 5.19. The summed E-state index contributed by atoms with van der Waals surface area (Å²) in [5.41, 5.74) is 3.68. The zero-order valence-electron chi connectivity index (χ0n) is 15.2. The molecule has 0 bridgehead atoms. The van der Waals surface area contributed by atoms with Crippen molar-refractivity contribution in [3.05, 3.63) is 56.9 Å². The minimum absolute atomic E-state index is 0.0456. The van der Waals surface area contributed by atoms with Crippen LogP contribution in [-0.4, -0.2) is 18.3 Å². The van der Waals surface area contributed by atoms with Crippen LogP contribution in [0.5, 0.6) is 0 Å². The second kappa shape index (κ2) is 7.06. The van der Waals surface area contributed by atoms with E-state index >= 15 is 0 Å². The Morgan fingerprint density at radius 3 is 2.76 bits per heavy atom. The van der Waals surface area contributed by atoms with Crippen LogP contribution in [-0.2, 0) is 0 Å². The van der Waals surface area contributed by atoms with E-state index < -0.39 is 0 Å². The van der Waals surface area contributed by atoms with E-state index in [2.05, 4.69) is 60.2 Å². The molecule has 1 atom stereocenters. The van der Waals surface area contributed by atoms with E-state index in [4.69, 9.17) is 0 Å². The fourth-order valence-corrected chi connectivity index (χ4v) is 4.45. The average Bonchev–Trinajstić information content (AvgIpc) is 2.53. The molecule has 0 spiro atoms. The lowest BCUT2D eigenvalue weighted by atomic mass is 9.79. The molecule has 1 unspecified atom stereocenters. The number of hydrogen-bond acceptors (Lipinski definition) is 2. The summed E-state index contributed by atoms with van der Waals surface area (Å²) in [6.07, 6.45) is 2.71. The van der Waals surface area contributed by atoms with Crippen LogP contribution in [0.3, 0.4) is 0 Å². The van der Waals surface area contributed by atoms with Crippen molar-refractivity contribution in [2.24, 2.45) is 4.99 Å². The van der Waals surface area contributed by atoms with Gasteiger partial charge in [-0.2, -0.15) is 0 Å². The normalized spacial score (nSPS) is 19.3. The molecule has 25 heavy (non-hydrogen) atoms. The number of nitrogens with zero attached hydrogens (tertiary/aromatic N) is 2. The Morgan fingerprint density at radius 2 is 2.08 bits per heavy atom. The van der Waals surface area contributed by atoms with Gasteiger partial charge in [0.05, 0.1) is 5.69 Å². The van der Waals surface area contributed by atoms with Crippen LogP contribution in [0, 0.1) is 9.39 Å². The van der Waals surface area contributed by atoms with Gasteiger partial charge in [0.2, 0.25) is 0 Å².